The second-order valence-corrected chi connectivity index (χ2v) is 5.14. The average Bonchev–Trinajstić information content (AvgIpc) is 2.22. The summed E-state index contributed by atoms with van der Waals surface area (Å²) in [6, 6.07) is 0. The summed E-state index contributed by atoms with van der Waals surface area (Å²) in [6.45, 7) is 5.52. The first kappa shape index (κ1) is 14.2. The van der Waals surface area contributed by atoms with Crippen LogP contribution in [0.5, 0.6) is 0 Å². The predicted molar refractivity (Wildman–Crippen MR) is 71.0 cm³/mol. The monoisotopic (exact) mass is 239 g/mol. The SMILES string of the molecule is C=CCNCC(=O)N(C)CC1(N(C)C)CCC1. The number of carbonyl (C=O) groups is 1. The summed E-state index contributed by atoms with van der Waals surface area (Å²) in [4.78, 5) is 16.0. The molecule has 4 nitrogen and oxygen atoms in total. The van der Waals surface area contributed by atoms with Gasteiger partial charge < -0.3 is 15.1 Å². The zero-order valence-corrected chi connectivity index (χ0v) is 11.3. The normalized spacial score (nSPS) is 17.6. The van der Waals surface area contributed by atoms with Crippen molar-refractivity contribution in [3.63, 3.8) is 0 Å². The molecule has 0 aromatic rings. The first-order chi connectivity index (χ1) is 8.02. The summed E-state index contributed by atoms with van der Waals surface area (Å²) < 4.78 is 0. The van der Waals surface area contributed by atoms with Crippen molar-refractivity contribution in [1.82, 2.24) is 15.1 Å². The van der Waals surface area contributed by atoms with Crippen molar-refractivity contribution in [2.75, 3.05) is 40.8 Å². The first-order valence-corrected chi connectivity index (χ1v) is 6.25. The molecule has 0 radical (unpaired) electrons. The zero-order valence-electron chi connectivity index (χ0n) is 11.3. The summed E-state index contributed by atoms with van der Waals surface area (Å²) in [5, 5.41) is 3.04. The highest BCUT2D eigenvalue weighted by molar-refractivity contribution is 5.78. The van der Waals surface area contributed by atoms with E-state index in [1.807, 2.05) is 11.9 Å². The molecule has 1 aliphatic carbocycles. The molecule has 4 heteroatoms. The van der Waals surface area contributed by atoms with Gasteiger partial charge in [0.05, 0.1) is 6.54 Å². The van der Waals surface area contributed by atoms with Crippen molar-refractivity contribution < 1.29 is 4.79 Å². The third kappa shape index (κ3) is 3.54. The van der Waals surface area contributed by atoms with E-state index in [1.165, 1.54) is 19.3 Å². The van der Waals surface area contributed by atoms with Crippen LogP contribution in [0.15, 0.2) is 12.7 Å². The van der Waals surface area contributed by atoms with E-state index in [0.29, 0.717) is 13.1 Å². The maximum atomic E-state index is 11.9. The largest absolute Gasteiger partial charge is 0.343 e. The molecule has 17 heavy (non-hydrogen) atoms. The van der Waals surface area contributed by atoms with Gasteiger partial charge in [0.2, 0.25) is 5.91 Å². The highest BCUT2D eigenvalue weighted by Gasteiger charge is 2.40. The summed E-state index contributed by atoms with van der Waals surface area (Å²) in [5.74, 6) is 0.153. The van der Waals surface area contributed by atoms with E-state index in [9.17, 15) is 4.79 Å². The molecule has 0 unspecified atom stereocenters. The fourth-order valence-electron chi connectivity index (χ4n) is 2.28. The van der Waals surface area contributed by atoms with Gasteiger partial charge in [0.25, 0.3) is 0 Å². The van der Waals surface area contributed by atoms with Crippen molar-refractivity contribution >= 4 is 5.91 Å². The van der Waals surface area contributed by atoms with Gasteiger partial charge in [0, 0.05) is 25.7 Å². The number of hydrogen-bond acceptors (Lipinski definition) is 3. The van der Waals surface area contributed by atoms with Crippen LogP contribution in [-0.2, 0) is 4.79 Å². The lowest BCUT2D eigenvalue weighted by atomic mass is 9.75. The molecule has 1 aliphatic rings. The smallest absolute Gasteiger partial charge is 0.236 e. The number of hydrogen-bond donors (Lipinski definition) is 1. The van der Waals surface area contributed by atoms with Crippen LogP contribution in [0.3, 0.4) is 0 Å². The Morgan fingerprint density at radius 3 is 2.47 bits per heavy atom. The number of likely N-dealkylation sites (N-methyl/N-ethyl adjacent to an activating group) is 2. The first-order valence-electron chi connectivity index (χ1n) is 6.25. The summed E-state index contributed by atoms with van der Waals surface area (Å²) >= 11 is 0. The van der Waals surface area contributed by atoms with Crippen LogP contribution in [0, 0.1) is 0 Å². The molecule has 0 aromatic carbocycles. The zero-order chi connectivity index (χ0) is 12.9. The minimum atomic E-state index is 0.153. The van der Waals surface area contributed by atoms with Crippen LogP contribution >= 0.6 is 0 Å². The summed E-state index contributed by atoms with van der Waals surface area (Å²) in [7, 11) is 6.10. The van der Waals surface area contributed by atoms with Gasteiger partial charge in [0.1, 0.15) is 0 Å². The van der Waals surface area contributed by atoms with Crippen LogP contribution in [-0.4, -0.2) is 62.0 Å². The fourth-order valence-corrected chi connectivity index (χ4v) is 2.28. The lowest BCUT2D eigenvalue weighted by Crippen LogP contribution is -2.58. The second kappa shape index (κ2) is 6.17. The van der Waals surface area contributed by atoms with Gasteiger partial charge in [-0.25, -0.2) is 0 Å². The van der Waals surface area contributed by atoms with Crippen LogP contribution in [0.4, 0.5) is 0 Å². The predicted octanol–water partition coefficient (Wildman–Crippen LogP) is 0.705. The van der Waals surface area contributed by atoms with Crippen LogP contribution < -0.4 is 5.32 Å². The van der Waals surface area contributed by atoms with Crippen LogP contribution in [0.2, 0.25) is 0 Å². The second-order valence-electron chi connectivity index (χ2n) is 5.14. The van der Waals surface area contributed by atoms with Crippen LogP contribution in [0.1, 0.15) is 19.3 Å². The Morgan fingerprint density at radius 2 is 2.06 bits per heavy atom. The van der Waals surface area contributed by atoms with Crippen molar-refractivity contribution in [2.45, 2.75) is 24.8 Å². The maximum Gasteiger partial charge on any atom is 0.236 e. The van der Waals surface area contributed by atoms with E-state index in [4.69, 9.17) is 0 Å². The Hall–Kier alpha value is -0.870. The van der Waals surface area contributed by atoms with E-state index in [-0.39, 0.29) is 11.4 Å². The van der Waals surface area contributed by atoms with E-state index in [1.54, 1.807) is 6.08 Å². The Morgan fingerprint density at radius 1 is 1.41 bits per heavy atom. The molecule has 1 fully saturated rings. The van der Waals surface area contributed by atoms with E-state index in [0.717, 1.165) is 6.54 Å². The Labute approximate surface area is 105 Å². The molecule has 0 bridgehead atoms. The molecule has 1 rings (SSSR count). The highest BCUT2D eigenvalue weighted by atomic mass is 16.2. The van der Waals surface area contributed by atoms with E-state index >= 15 is 0 Å². The third-order valence-corrected chi connectivity index (χ3v) is 3.76. The number of amides is 1. The lowest BCUT2D eigenvalue weighted by Gasteiger charge is -2.49. The van der Waals surface area contributed by atoms with Gasteiger partial charge in [-0.3, -0.25) is 4.79 Å². The van der Waals surface area contributed by atoms with Gasteiger partial charge in [-0.15, -0.1) is 6.58 Å². The lowest BCUT2D eigenvalue weighted by molar-refractivity contribution is -0.131. The Balaban J connectivity index is 2.39. The topological polar surface area (TPSA) is 35.6 Å². The Kier molecular flexibility index (Phi) is 5.15. The van der Waals surface area contributed by atoms with Crippen molar-refractivity contribution in [2.24, 2.45) is 0 Å². The van der Waals surface area contributed by atoms with Gasteiger partial charge >= 0.3 is 0 Å². The molecule has 0 aromatic heterocycles. The molecule has 0 spiro atoms. The number of nitrogens with one attached hydrogen (secondary N) is 1. The highest BCUT2D eigenvalue weighted by Crippen LogP contribution is 2.36. The number of nitrogens with zero attached hydrogens (tertiary/aromatic N) is 2. The van der Waals surface area contributed by atoms with Crippen molar-refractivity contribution in [3.05, 3.63) is 12.7 Å². The van der Waals surface area contributed by atoms with Crippen molar-refractivity contribution in [1.29, 1.82) is 0 Å². The third-order valence-electron chi connectivity index (χ3n) is 3.76. The maximum absolute atomic E-state index is 11.9. The van der Waals surface area contributed by atoms with E-state index in [2.05, 4.69) is 30.9 Å². The molecule has 0 aliphatic heterocycles. The Bertz CT molecular complexity index is 272. The van der Waals surface area contributed by atoms with Crippen molar-refractivity contribution in [3.8, 4) is 0 Å². The summed E-state index contributed by atoms with van der Waals surface area (Å²) in [6.07, 6.45) is 5.42. The quantitative estimate of drug-likeness (QED) is 0.525. The summed E-state index contributed by atoms with van der Waals surface area (Å²) in [5.41, 5.74) is 0.211. The molecule has 0 atom stereocenters. The molecular weight excluding hydrogens is 214 g/mol. The molecule has 0 heterocycles. The average molecular weight is 239 g/mol. The minimum Gasteiger partial charge on any atom is -0.343 e. The minimum absolute atomic E-state index is 0.153. The molecule has 1 saturated carbocycles. The number of carbonyl (C=O) groups excluding carboxylic acids is 1. The van der Waals surface area contributed by atoms with Gasteiger partial charge in [0.15, 0.2) is 0 Å². The molecule has 1 amide bonds. The molecule has 1 N–H and O–H groups in total. The molecule has 0 saturated heterocycles. The van der Waals surface area contributed by atoms with Gasteiger partial charge in [-0.1, -0.05) is 6.08 Å². The molecule has 98 valence electrons. The van der Waals surface area contributed by atoms with Crippen LogP contribution in [0.25, 0.3) is 0 Å². The fraction of sp³-hybridized carbons (Fsp3) is 0.769. The van der Waals surface area contributed by atoms with E-state index < -0.39 is 0 Å². The van der Waals surface area contributed by atoms with Gasteiger partial charge in [-0.05, 0) is 33.4 Å². The molecular formula is C13H25N3O. The van der Waals surface area contributed by atoms with Gasteiger partial charge in [-0.2, -0.15) is 0 Å². The standard InChI is InChI=1S/C13H25N3O/c1-5-9-14-10-12(17)16(4)11-13(15(2)3)7-6-8-13/h5,14H,1,6-11H2,2-4H3. The number of rotatable bonds is 7.